The van der Waals surface area contributed by atoms with E-state index >= 15 is 0 Å². The summed E-state index contributed by atoms with van der Waals surface area (Å²) in [5.74, 6) is 0.800. The van der Waals surface area contributed by atoms with E-state index in [1.54, 1.807) is 11.3 Å². The minimum Gasteiger partial charge on any atom is -0.486 e. The van der Waals surface area contributed by atoms with Crippen molar-refractivity contribution in [2.75, 3.05) is 13.2 Å². The van der Waals surface area contributed by atoms with Crippen LogP contribution in [0.25, 0.3) is 0 Å². The second-order valence-electron chi connectivity index (χ2n) is 5.43. The average Bonchev–Trinajstić information content (AvgIpc) is 2.98. The van der Waals surface area contributed by atoms with E-state index in [9.17, 15) is 0 Å². The lowest BCUT2D eigenvalue weighted by Gasteiger charge is -2.07. The molecule has 126 valence electrons. The molecule has 0 aliphatic carbocycles. The van der Waals surface area contributed by atoms with Gasteiger partial charge < -0.3 is 14.8 Å². The normalized spacial score (nSPS) is 11.1. The van der Waals surface area contributed by atoms with Gasteiger partial charge in [-0.15, -0.1) is 11.3 Å². The summed E-state index contributed by atoms with van der Waals surface area (Å²) in [6, 6.07) is 7.35. The summed E-state index contributed by atoms with van der Waals surface area (Å²) in [4.78, 5) is 4.56. The van der Waals surface area contributed by atoms with Crippen molar-refractivity contribution in [1.82, 2.24) is 10.3 Å². The summed E-state index contributed by atoms with van der Waals surface area (Å²) < 4.78 is 11.2. The molecule has 1 aromatic carbocycles. The van der Waals surface area contributed by atoms with Gasteiger partial charge in [-0.25, -0.2) is 4.98 Å². The molecule has 1 heterocycles. The Morgan fingerprint density at radius 2 is 2.04 bits per heavy atom. The second kappa shape index (κ2) is 9.88. The molecule has 0 radical (unpaired) electrons. The number of halogens is 1. The van der Waals surface area contributed by atoms with Crippen molar-refractivity contribution in [2.24, 2.45) is 0 Å². The number of nitrogens with zero attached hydrogens (tertiary/aromatic N) is 1. The van der Waals surface area contributed by atoms with E-state index in [4.69, 9.17) is 21.1 Å². The maximum atomic E-state index is 5.85. The minimum absolute atomic E-state index is 0.303. The largest absolute Gasteiger partial charge is 0.486 e. The lowest BCUT2D eigenvalue weighted by Crippen LogP contribution is -2.17. The van der Waals surface area contributed by atoms with Crippen LogP contribution in [0.1, 0.15) is 31.0 Å². The molecule has 0 spiro atoms. The summed E-state index contributed by atoms with van der Waals surface area (Å²) in [6.07, 6.45) is 1.31. The predicted molar refractivity (Wildman–Crippen MR) is 95.3 cm³/mol. The summed E-state index contributed by atoms with van der Waals surface area (Å²) in [5.41, 5.74) is 1.05. The van der Waals surface area contributed by atoms with E-state index in [2.05, 4.69) is 29.5 Å². The zero-order valence-corrected chi connectivity index (χ0v) is 15.1. The molecule has 4 nitrogen and oxygen atoms in total. The Hall–Kier alpha value is -1.14. The Balaban J connectivity index is 1.64. The van der Waals surface area contributed by atoms with Gasteiger partial charge in [-0.2, -0.15) is 0 Å². The van der Waals surface area contributed by atoms with Gasteiger partial charge in [0.15, 0.2) is 0 Å². The first-order valence-electron chi connectivity index (χ1n) is 7.77. The lowest BCUT2D eigenvalue weighted by atomic mass is 10.3. The van der Waals surface area contributed by atoms with Crippen molar-refractivity contribution in [3.63, 3.8) is 0 Å². The predicted octanol–water partition coefficient (Wildman–Crippen LogP) is 4.28. The Morgan fingerprint density at radius 3 is 2.78 bits per heavy atom. The molecule has 23 heavy (non-hydrogen) atoms. The van der Waals surface area contributed by atoms with Crippen molar-refractivity contribution >= 4 is 22.9 Å². The van der Waals surface area contributed by atoms with E-state index in [1.807, 2.05) is 24.3 Å². The average molecular weight is 355 g/mol. The number of hydrogen-bond acceptors (Lipinski definition) is 5. The molecule has 1 aromatic heterocycles. The van der Waals surface area contributed by atoms with Crippen molar-refractivity contribution < 1.29 is 9.47 Å². The van der Waals surface area contributed by atoms with Gasteiger partial charge in [-0.1, -0.05) is 11.6 Å². The van der Waals surface area contributed by atoms with Crippen LogP contribution in [0, 0.1) is 0 Å². The van der Waals surface area contributed by atoms with E-state index in [0.717, 1.165) is 42.6 Å². The zero-order valence-electron chi connectivity index (χ0n) is 13.5. The molecule has 0 amide bonds. The van der Waals surface area contributed by atoms with Crippen LogP contribution in [0.5, 0.6) is 5.75 Å². The van der Waals surface area contributed by atoms with E-state index in [1.165, 1.54) is 0 Å². The van der Waals surface area contributed by atoms with Gasteiger partial charge in [0.25, 0.3) is 0 Å². The van der Waals surface area contributed by atoms with Crippen molar-refractivity contribution in [1.29, 1.82) is 0 Å². The number of thiazole rings is 1. The van der Waals surface area contributed by atoms with Crippen LogP contribution >= 0.6 is 22.9 Å². The molecular weight excluding hydrogens is 332 g/mol. The van der Waals surface area contributed by atoms with Crippen molar-refractivity contribution in [3.8, 4) is 5.75 Å². The molecule has 6 heteroatoms. The standard InChI is InChI=1S/C17H23ClN2O2S/c1-13(2)21-9-3-8-19-10-15-12-23-17(20-15)11-22-16-6-4-14(18)5-7-16/h4-7,12-13,19H,3,8-11H2,1-2H3. The summed E-state index contributed by atoms with van der Waals surface area (Å²) in [7, 11) is 0. The fraction of sp³-hybridized carbons (Fsp3) is 0.471. The third-order valence-corrected chi connectivity index (χ3v) is 4.15. The number of ether oxygens (including phenoxy) is 2. The first-order valence-corrected chi connectivity index (χ1v) is 9.03. The van der Waals surface area contributed by atoms with Crippen LogP contribution in [0.3, 0.4) is 0 Å². The summed E-state index contributed by atoms with van der Waals surface area (Å²) in [5, 5.41) is 7.12. The van der Waals surface area contributed by atoms with Crippen LogP contribution in [0.15, 0.2) is 29.6 Å². The lowest BCUT2D eigenvalue weighted by molar-refractivity contribution is 0.0770. The van der Waals surface area contributed by atoms with Crippen LogP contribution in [0.2, 0.25) is 5.02 Å². The van der Waals surface area contributed by atoms with Crippen LogP contribution in [0.4, 0.5) is 0 Å². The number of aromatic nitrogens is 1. The molecule has 1 N–H and O–H groups in total. The molecule has 2 rings (SSSR count). The molecule has 0 aliphatic rings. The quantitative estimate of drug-likeness (QED) is 0.647. The first kappa shape index (κ1) is 18.2. The van der Waals surface area contributed by atoms with Gasteiger partial charge in [0.2, 0.25) is 0 Å². The number of benzene rings is 1. The third-order valence-electron chi connectivity index (χ3n) is 3.03. The smallest absolute Gasteiger partial charge is 0.140 e. The zero-order chi connectivity index (χ0) is 16.5. The highest BCUT2D eigenvalue weighted by molar-refractivity contribution is 7.09. The number of rotatable bonds is 10. The fourth-order valence-corrected chi connectivity index (χ4v) is 2.74. The molecule has 0 atom stereocenters. The Morgan fingerprint density at radius 1 is 1.26 bits per heavy atom. The number of nitrogens with one attached hydrogen (secondary N) is 1. The molecule has 0 aliphatic heterocycles. The summed E-state index contributed by atoms with van der Waals surface area (Å²) in [6.45, 7) is 7.09. The molecular formula is C17H23ClN2O2S. The Kier molecular flexibility index (Phi) is 7.82. The maximum Gasteiger partial charge on any atom is 0.140 e. The highest BCUT2D eigenvalue weighted by Gasteiger charge is 2.03. The maximum absolute atomic E-state index is 5.85. The van der Waals surface area contributed by atoms with Gasteiger partial charge >= 0.3 is 0 Å². The van der Waals surface area contributed by atoms with Crippen LogP contribution in [-0.4, -0.2) is 24.2 Å². The van der Waals surface area contributed by atoms with Gasteiger partial charge in [-0.3, -0.25) is 0 Å². The van der Waals surface area contributed by atoms with E-state index in [0.29, 0.717) is 17.7 Å². The molecule has 0 bridgehead atoms. The highest BCUT2D eigenvalue weighted by Crippen LogP contribution is 2.18. The van der Waals surface area contributed by atoms with Crippen molar-refractivity contribution in [2.45, 2.75) is 39.5 Å². The van der Waals surface area contributed by atoms with E-state index < -0.39 is 0 Å². The SMILES string of the molecule is CC(C)OCCCNCc1csc(COc2ccc(Cl)cc2)n1. The molecule has 2 aromatic rings. The minimum atomic E-state index is 0.303. The number of hydrogen-bond donors (Lipinski definition) is 1. The Labute approximate surface area is 146 Å². The highest BCUT2D eigenvalue weighted by atomic mass is 35.5. The molecule has 0 saturated heterocycles. The topological polar surface area (TPSA) is 43.4 Å². The van der Waals surface area contributed by atoms with Crippen LogP contribution < -0.4 is 10.1 Å². The third kappa shape index (κ3) is 7.31. The molecule has 0 unspecified atom stereocenters. The summed E-state index contributed by atoms with van der Waals surface area (Å²) >= 11 is 7.46. The molecule has 0 saturated carbocycles. The fourth-order valence-electron chi connectivity index (χ4n) is 1.90. The van der Waals surface area contributed by atoms with Crippen molar-refractivity contribution in [3.05, 3.63) is 45.4 Å². The second-order valence-corrected chi connectivity index (χ2v) is 6.80. The monoisotopic (exact) mass is 354 g/mol. The van der Waals surface area contributed by atoms with Gasteiger partial charge in [0, 0.05) is 23.6 Å². The van der Waals surface area contributed by atoms with Crippen LogP contribution in [-0.2, 0) is 17.9 Å². The first-order chi connectivity index (χ1) is 11.1. The van der Waals surface area contributed by atoms with Gasteiger partial charge in [0.05, 0.1) is 11.8 Å². The van der Waals surface area contributed by atoms with Gasteiger partial charge in [-0.05, 0) is 51.1 Å². The Bertz CT molecular complexity index is 572. The molecule has 0 fully saturated rings. The van der Waals surface area contributed by atoms with Gasteiger partial charge in [0.1, 0.15) is 17.4 Å². The van der Waals surface area contributed by atoms with E-state index in [-0.39, 0.29) is 0 Å².